The second-order valence-corrected chi connectivity index (χ2v) is 6.32. The fourth-order valence-corrected chi connectivity index (χ4v) is 2.26. The van der Waals surface area contributed by atoms with Crippen molar-refractivity contribution in [2.45, 2.75) is 26.2 Å². The van der Waals surface area contributed by atoms with Gasteiger partial charge in [0.05, 0.1) is 0 Å². The summed E-state index contributed by atoms with van der Waals surface area (Å²) in [7, 11) is 0. The molecule has 4 heteroatoms. The van der Waals surface area contributed by atoms with Crippen LogP contribution in [0.3, 0.4) is 0 Å². The lowest BCUT2D eigenvalue weighted by Gasteiger charge is -2.19. The van der Waals surface area contributed by atoms with E-state index >= 15 is 0 Å². The number of nitrogens with zero attached hydrogens (tertiary/aromatic N) is 1. The highest BCUT2D eigenvalue weighted by molar-refractivity contribution is 6.05. The average molecular weight is 294 g/mol. The van der Waals surface area contributed by atoms with Gasteiger partial charge in [0.1, 0.15) is 5.52 Å². The number of anilines is 1. The molecule has 1 aromatic heterocycles. The number of rotatable bonds is 2. The summed E-state index contributed by atoms with van der Waals surface area (Å²) < 4.78 is 5.17. The van der Waals surface area contributed by atoms with E-state index in [1.165, 1.54) is 12.0 Å². The van der Waals surface area contributed by atoms with Gasteiger partial charge in [0.15, 0.2) is 12.0 Å². The second-order valence-electron chi connectivity index (χ2n) is 6.32. The molecule has 1 heterocycles. The van der Waals surface area contributed by atoms with Crippen molar-refractivity contribution in [1.29, 1.82) is 0 Å². The molecule has 0 saturated carbocycles. The molecular formula is C18H18N2O2. The number of hydrogen-bond donors (Lipinski definition) is 1. The first-order valence-corrected chi connectivity index (χ1v) is 7.19. The molecule has 0 saturated heterocycles. The summed E-state index contributed by atoms with van der Waals surface area (Å²) in [5.74, 6) is -0.159. The summed E-state index contributed by atoms with van der Waals surface area (Å²) in [5, 5.41) is 2.90. The Labute approximate surface area is 129 Å². The van der Waals surface area contributed by atoms with Gasteiger partial charge in [-0.05, 0) is 41.3 Å². The second kappa shape index (κ2) is 5.30. The fraction of sp³-hybridized carbons (Fsp3) is 0.222. The normalized spacial score (nSPS) is 11.6. The summed E-state index contributed by atoms with van der Waals surface area (Å²) in [6, 6.07) is 13.1. The van der Waals surface area contributed by atoms with Gasteiger partial charge in [-0.3, -0.25) is 4.79 Å². The first-order valence-electron chi connectivity index (χ1n) is 7.19. The fourth-order valence-electron chi connectivity index (χ4n) is 2.26. The van der Waals surface area contributed by atoms with Gasteiger partial charge in [0, 0.05) is 11.3 Å². The van der Waals surface area contributed by atoms with Crippen molar-refractivity contribution >= 4 is 22.7 Å². The molecule has 0 fully saturated rings. The Morgan fingerprint density at radius 3 is 2.50 bits per heavy atom. The Hall–Kier alpha value is -2.62. The van der Waals surface area contributed by atoms with Crippen LogP contribution in [0.15, 0.2) is 53.3 Å². The zero-order valence-electron chi connectivity index (χ0n) is 12.9. The van der Waals surface area contributed by atoms with Crippen molar-refractivity contribution in [3.8, 4) is 0 Å². The molecular weight excluding hydrogens is 276 g/mol. The predicted molar refractivity (Wildman–Crippen MR) is 87.1 cm³/mol. The number of fused-ring (bicyclic) bond motifs is 1. The van der Waals surface area contributed by atoms with Crippen LogP contribution < -0.4 is 5.32 Å². The lowest BCUT2D eigenvalue weighted by atomic mass is 9.87. The molecule has 4 nitrogen and oxygen atoms in total. The number of aromatic nitrogens is 1. The maximum absolute atomic E-state index is 12.3. The Morgan fingerprint density at radius 2 is 1.82 bits per heavy atom. The van der Waals surface area contributed by atoms with E-state index in [4.69, 9.17) is 4.42 Å². The minimum Gasteiger partial charge on any atom is -0.443 e. The summed E-state index contributed by atoms with van der Waals surface area (Å²) in [4.78, 5) is 16.4. The van der Waals surface area contributed by atoms with Gasteiger partial charge in [-0.15, -0.1) is 0 Å². The zero-order chi connectivity index (χ0) is 15.7. The van der Waals surface area contributed by atoms with Crippen molar-refractivity contribution in [2.24, 2.45) is 0 Å². The van der Waals surface area contributed by atoms with E-state index in [1.807, 2.05) is 24.3 Å². The van der Waals surface area contributed by atoms with Gasteiger partial charge < -0.3 is 9.73 Å². The van der Waals surface area contributed by atoms with Crippen molar-refractivity contribution in [2.75, 3.05) is 5.32 Å². The Balaban J connectivity index is 1.78. The number of benzene rings is 2. The highest BCUT2D eigenvalue weighted by Gasteiger charge is 2.13. The number of amides is 1. The maximum Gasteiger partial charge on any atom is 0.255 e. The van der Waals surface area contributed by atoms with Crippen LogP contribution in [0.2, 0.25) is 0 Å². The molecule has 0 atom stereocenters. The number of oxazole rings is 1. The summed E-state index contributed by atoms with van der Waals surface area (Å²) >= 11 is 0. The topological polar surface area (TPSA) is 55.1 Å². The third-order valence-electron chi connectivity index (χ3n) is 3.60. The molecule has 22 heavy (non-hydrogen) atoms. The van der Waals surface area contributed by atoms with Crippen LogP contribution >= 0.6 is 0 Å². The average Bonchev–Trinajstić information content (AvgIpc) is 2.94. The Morgan fingerprint density at radius 1 is 1.09 bits per heavy atom. The largest absolute Gasteiger partial charge is 0.443 e. The summed E-state index contributed by atoms with van der Waals surface area (Å²) in [6.07, 6.45) is 1.37. The Kier molecular flexibility index (Phi) is 3.45. The van der Waals surface area contributed by atoms with Crippen molar-refractivity contribution < 1.29 is 9.21 Å². The third kappa shape index (κ3) is 2.86. The minimum atomic E-state index is -0.159. The van der Waals surface area contributed by atoms with Crippen LogP contribution in [0.5, 0.6) is 0 Å². The van der Waals surface area contributed by atoms with Crippen molar-refractivity contribution in [3.63, 3.8) is 0 Å². The van der Waals surface area contributed by atoms with Crippen LogP contribution in [-0.2, 0) is 5.41 Å². The molecule has 0 aliphatic carbocycles. The van der Waals surface area contributed by atoms with E-state index in [0.717, 1.165) is 5.69 Å². The molecule has 2 aromatic carbocycles. The van der Waals surface area contributed by atoms with Gasteiger partial charge >= 0.3 is 0 Å². The lowest BCUT2D eigenvalue weighted by molar-refractivity contribution is 0.102. The molecule has 0 bridgehead atoms. The van der Waals surface area contributed by atoms with Crippen molar-refractivity contribution in [3.05, 3.63) is 60.0 Å². The number of carbonyl (C=O) groups excluding carboxylic acids is 1. The van der Waals surface area contributed by atoms with E-state index in [2.05, 4.69) is 31.1 Å². The summed E-state index contributed by atoms with van der Waals surface area (Å²) in [6.45, 7) is 6.48. The Bertz CT molecular complexity index is 811. The van der Waals surface area contributed by atoms with Crippen molar-refractivity contribution in [1.82, 2.24) is 4.98 Å². The monoisotopic (exact) mass is 294 g/mol. The van der Waals surface area contributed by atoms with Crippen LogP contribution in [-0.4, -0.2) is 10.9 Å². The minimum absolute atomic E-state index is 0.0977. The SMILES string of the molecule is CC(C)(C)c1ccc(NC(=O)c2ccc3ocnc3c2)cc1. The van der Waals surface area contributed by atoms with Gasteiger partial charge in [0.2, 0.25) is 0 Å². The smallest absolute Gasteiger partial charge is 0.255 e. The molecule has 0 spiro atoms. The van der Waals surface area contributed by atoms with Gasteiger partial charge in [0.25, 0.3) is 5.91 Å². The van der Waals surface area contributed by atoms with Gasteiger partial charge in [-0.2, -0.15) is 0 Å². The van der Waals surface area contributed by atoms with Crippen LogP contribution in [0.4, 0.5) is 5.69 Å². The van der Waals surface area contributed by atoms with E-state index in [-0.39, 0.29) is 11.3 Å². The molecule has 3 rings (SSSR count). The third-order valence-corrected chi connectivity index (χ3v) is 3.60. The molecule has 0 aliphatic rings. The quantitative estimate of drug-likeness (QED) is 0.763. The van der Waals surface area contributed by atoms with E-state index in [9.17, 15) is 4.79 Å². The van der Waals surface area contributed by atoms with E-state index < -0.39 is 0 Å². The summed E-state index contributed by atoms with van der Waals surface area (Å²) in [5.41, 5.74) is 4.01. The molecule has 3 aromatic rings. The highest BCUT2D eigenvalue weighted by Crippen LogP contribution is 2.24. The highest BCUT2D eigenvalue weighted by atomic mass is 16.3. The first kappa shape index (κ1) is 14.3. The van der Waals surface area contributed by atoms with Crippen LogP contribution in [0.25, 0.3) is 11.1 Å². The number of carbonyl (C=O) groups is 1. The van der Waals surface area contributed by atoms with E-state index in [1.54, 1.807) is 18.2 Å². The zero-order valence-corrected chi connectivity index (χ0v) is 12.9. The molecule has 1 amide bonds. The maximum atomic E-state index is 12.3. The number of hydrogen-bond acceptors (Lipinski definition) is 3. The van der Waals surface area contributed by atoms with E-state index in [0.29, 0.717) is 16.7 Å². The predicted octanol–water partition coefficient (Wildman–Crippen LogP) is 4.38. The van der Waals surface area contributed by atoms with Gasteiger partial charge in [-0.1, -0.05) is 32.9 Å². The molecule has 0 radical (unpaired) electrons. The standard InChI is InChI=1S/C18H18N2O2/c1-18(2,3)13-5-7-14(8-6-13)20-17(21)12-4-9-16-15(10-12)19-11-22-16/h4-11H,1-3H3,(H,20,21). The van der Waals surface area contributed by atoms with Crippen LogP contribution in [0, 0.1) is 0 Å². The lowest BCUT2D eigenvalue weighted by Crippen LogP contribution is -2.13. The molecule has 1 N–H and O–H groups in total. The molecule has 0 unspecified atom stereocenters. The van der Waals surface area contributed by atoms with Crippen LogP contribution in [0.1, 0.15) is 36.7 Å². The molecule has 0 aliphatic heterocycles. The number of nitrogens with one attached hydrogen (secondary N) is 1. The first-order chi connectivity index (χ1) is 10.4. The van der Waals surface area contributed by atoms with Gasteiger partial charge in [-0.25, -0.2) is 4.98 Å². The molecule has 112 valence electrons.